The molecule has 1 rings (SSSR count). The first kappa shape index (κ1) is 13.2. The second-order valence-corrected chi connectivity index (χ2v) is 3.25. The molecule has 3 nitrogen and oxygen atoms in total. The van der Waals surface area contributed by atoms with Gasteiger partial charge in [-0.05, 0) is 32.9 Å². The van der Waals surface area contributed by atoms with Gasteiger partial charge in [0.1, 0.15) is 0 Å². The Labute approximate surface area is 103 Å². The van der Waals surface area contributed by atoms with E-state index in [1.165, 1.54) is 0 Å². The van der Waals surface area contributed by atoms with E-state index < -0.39 is 0 Å². The second kappa shape index (κ2) is 6.70. The molecule has 0 heterocycles. The minimum Gasteiger partial charge on any atom is -0.490 e. The van der Waals surface area contributed by atoms with Crippen molar-refractivity contribution < 1.29 is 14.2 Å². The predicted octanol–water partition coefficient (Wildman–Crippen LogP) is 2.86. The minimum atomic E-state index is 0.551. The molecule has 0 aliphatic carbocycles. The van der Waals surface area contributed by atoms with Gasteiger partial charge < -0.3 is 14.2 Å². The molecule has 0 unspecified atom stereocenters. The Morgan fingerprint density at radius 1 is 0.941 bits per heavy atom. The van der Waals surface area contributed by atoms with Gasteiger partial charge in [-0.25, -0.2) is 0 Å². The molecular formula is C14H18O3. The number of hydrogen-bond donors (Lipinski definition) is 0. The molecule has 0 atom stereocenters. The van der Waals surface area contributed by atoms with Crippen molar-refractivity contribution in [2.24, 2.45) is 0 Å². The van der Waals surface area contributed by atoms with E-state index in [0.717, 1.165) is 5.56 Å². The van der Waals surface area contributed by atoms with E-state index >= 15 is 0 Å². The average Bonchev–Trinajstić information content (AvgIpc) is 2.33. The van der Waals surface area contributed by atoms with E-state index in [-0.39, 0.29) is 0 Å². The van der Waals surface area contributed by atoms with Crippen LogP contribution in [0.4, 0.5) is 0 Å². The third kappa shape index (κ3) is 3.32. The molecule has 0 fully saturated rings. The summed E-state index contributed by atoms with van der Waals surface area (Å²) in [5, 5.41) is 0. The van der Waals surface area contributed by atoms with Gasteiger partial charge in [0, 0.05) is 5.56 Å². The van der Waals surface area contributed by atoms with Crippen molar-refractivity contribution in [2.45, 2.75) is 20.8 Å². The van der Waals surface area contributed by atoms with Crippen molar-refractivity contribution in [3.63, 3.8) is 0 Å². The highest BCUT2D eigenvalue weighted by molar-refractivity contribution is 5.57. The molecule has 0 bridgehead atoms. The molecule has 1 aromatic carbocycles. The summed E-state index contributed by atoms with van der Waals surface area (Å²) in [7, 11) is 0. The van der Waals surface area contributed by atoms with Crippen LogP contribution in [0, 0.1) is 12.3 Å². The van der Waals surface area contributed by atoms with Crippen LogP contribution in [-0.4, -0.2) is 19.8 Å². The van der Waals surface area contributed by atoms with Gasteiger partial charge in [0.2, 0.25) is 5.75 Å². The minimum absolute atomic E-state index is 0.551. The summed E-state index contributed by atoms with van der Waals surface area (Å²) in [6, 6.07) is 3.58. The standard InChI is InChI=1S/C14H18O3/c1-5-11-9-12(15-6-2)14(17-8-4)13(10-11)16-7-3/h1,9-10H,6-8H2,2-4H3. The zero-order chi connectivity index (χ0) is 12.7. The summed E-state index contributed by atoms with van der Waals surface area (Å²) < 4.78 is 16.6. The maximum Gasteiger partial charge on any atom is 0.203 e. The van der Waals surface area contributed by atoms with Crippen LogP contribution in [0.2, 0.25) is 0 Å². The molecule has 0 saturated heterocycles. The molecule has 0 radical (unpaired) electrons. The Morgan fingerprint density at radius 2 is 1.41 bits per heavy atom. The van der Waals surface area contributed by atoms with Crippen LogP contribution in [0.5, 0.6) is 17.2 Å². The Hall–Kier alpha value is -1.82. The van der Waals surface area contributed by atoms with Gasteiger partial charge in [-0.2, -0.15) is 0 Å². The fraction of sp³-hybridized carbons (Fsp3) is 0.429. The van der Waals surface area contributed by atoms with Gasteiger partial charge in [-0.1, -0.05) is 5.92 Å². The van der Waals surface area contributed by atoms with Gasteiger partial charge in [0.25, 0.3) is 0 Å². The number of rotatable bonds is 6. The van der Waals surface area contributed by atoms with Gasteiger partial charge in [0.05, 0.1) is 19.8 Å². The summed E-state index contributed by atoms with van der Waals surface area (Å²) in [6.07, 6.45) is 5.40. The molecular weight excluding hydrogens is 216 g/mol. The van der Waals surface area contributed by atoms with Crippen LogP contribution < -0.4 is 14.2 Å². The third-order valence-electron chi connectivity index (χ3n) is 2.08. The third-order valence-corrected chi connectivity index (χ3v) is 2.08. The summed E-state index contributed by atoms with van der Waals surface area (Å²) in [5.41, 5.74) is 0.723. The monoisotopic (exact) mass is 234 g/mol. The molecule has 0 amide bonds. The van der Waals surface area contributed by atoms with E-state index in [1.54, 1.807) is 12.1 Å². The lowest BCUT2D eigenvalue weighted by Gasteiger charge is -2.15. The van der Waals surface area contributed by atoms with Gasteiger partial charge >= 0.3 is 0 Å². The molecule has 0 N–H and O–H groups in total. The quantitative estimate of drug-likeness (QED) is 0.708. The predicted molar refractivity (Wildman–Crippen MR) is 67.9 cm³/mol. The molecule has 0 aromatic heterocycles. The summed E-state index contributed by atoms with van der Waals surface area (Å²) in [6.45, 7) is 7.41. The maximum atomic E-state index is 5.55. The van der Waals surface area contributed by atoms with E-state index in [9.17, 15) is 0 Å². The molecule has 0 saturated carbocycles. The van der Waals surface area contributed by atoms with Gasteiger partial charge in [0.15, 0.2) is 11.5 Å². The molecule has 0 aliphatic heterocycles. The smallest absolute Gasteiger partial charge is 0.203 e. The molecule has 0 spiro atoms. The Bertz CT molecular complexity index is 377. The largest absolute Gasteiger partial charge is 0.490 e. The normalized spacial score (nSPS) is 9.53. The highest BCUT2D eigenvalue weighted by Crippen LogP contribution is 2.38. The number of ether oxygens (including phenoxy) is 3. The first-order valence-electron chi connectivity index (χ1n) is 5.79. The maximum absolute atomic E-state index is 5.55. The van der Waals surface area contributed by atoms with E-state index in [4.69, 9.17) is 20.6 Å². The fourth-order valence-electron chi connectivity index (χ4n) is 1.47. The molecule has 1 aromatic rings. The fourth-order valence-corrected chi connectivity index (χ4v) is 1.47. The van der Waals surface area contributed by atoms with Crippen molar-refractivity contribution in [1.82, 2.24) is 0 Å². The molecule has 92 valence electrons. The van der Waals surface area contributed by atoms with Gasteiger partial charge in [-0.3, -0.25) is 0 Å². The van der Waals surface area contributed by atoms with Crippen molar-refractivity contribution in [2.75, 3.05) is 19.8 Å². The lowest BCUT2D eigenvalue weighted by atomic mass is 10.2. The van der Waals surface area contributed by atoms with Crippen molar-refractivity contribution in [3.8, 4) is 29.6 Å². The lowest BCUT2D eigenvalue weighted by molar-refractivity contribution is 0.260. The van der Waals surface area contributed by atoms with Crippen molar-refractivity contribution in [3.05, 3.63) is 17.7 Å². The topological polar surface area (TPSA) is 27.7 Å². The zero-order valence-electron chi connectivity index (χ0n) is 10.6. The van der Waals surface area contributed by atoms with E-state index in [0.29, 0.717) is 37.1 Å². The zero-order valence-corrected chi connectivity index (χ0v) is 10.6. The SMILES string of the molecule is C#Cc1cc(OCC)c(OCC)c(OCC)c1. The first-order valence-corrected chi connectivity index (χ1v) is 5.79. The molecule has 3 heteroatoms. The van der Waals surface area contributed by atoms with Crippen LogP contribution in [0.25, 0.3) is 0 Å². The van der Waals surface area contributed by atoms with Crippen LogP contribution >= 0.6 is 0 Å². The van der Waals surface area contributed by atoms with Crippen LogP contribution in [-0.2, 0) is 0 Å². The number of benzene rings is 1. The first-order chi connectivity index (χ1) is 8.26. The van der Waals surface area contributed by atoms with E-state index in [1.807, 2.05) is 20.8 Å². The van der Waals surface area contributed by atoms with Crippen LogP contribution in [0.15, 0.2) is 12.1 Å². The molecule has 0 aliphatic rings. The van der Waals surface area contributed by atoms with Crippen molar-refractivity contribution >= 4 is 0 Å². The second-order valence-electron chi connectivity index (χ2n) is 3.25. The van der Waals surface area contributed by atoms with Crippen LogP contribution in [0.3, 0.4) is 0 Å². The summed E-state index contributed by atoms with van der Waals surface area (Å²) >= 11 is 0. The highest BCUT2D eigenvalue weighted by Gasteiger charge is 2.13. The average molecular weight is 234 g/mol. The summed E-state index contributed by atoms with van der Waals surface area (Å²) in [5.74, 6) is 4.46. The molecule has 17 heavy (non-hydrogen) atoms. The summed E-state index contributed by atoms with van der Waals surface area (Å²) in [4.78, 5) is 0. The van der Waals surface area contributed by atoms with Crippen LogP contribution in [0.1, 0.15) is 26.3 Å². The lowest BCUT2D eigenvalue weighted by Crippen LogP contribution is -2.03. The van der Waals surface area contributed by atoms with E-state index in [2.05, 4.69) is 5.92 Å². The Kier molecular flexibility index (Phi) is 5.22. The number of hydrogen-bond acceptors (Lipinski definition) is 3. The van der Waals surface area contributed by atoms with Crippen molar-refractivity contribution in [1.29, 1.82) is 0 Å². The number of terminal acetylenes is 1. The van der Waals surface area contributed by atoms with Gasteiger partial charge in [-0.15, -0.1) is 6.42 Å². The Morgan fingerprint density at radius 3 is 1.76 bits per heavy atom. The highest BCUT2D eigenvalue weighted by atomic mass is 16.5. The Balaban J connectivity index is 3.23.